The quantitative estimate of drug-likeness (QED) is 0.839. The van der Waals surface area contributed by atoms with E-state index in [4.69, 9.17) is 4.74 Å². The minimum absolute atomic E-state index is 0.100. The zero-order chi connectivity index (χ0) is 15.4. The molecular weight excluding hydrogens is 268 g/mol. The highest BCUT2D eigenvalue weighted by molar-refractivity contribution is 6.39. The molecule has 2 rings (SSSR count). The van der Waals surface area contributed by atoms with Crippen molar-refractivity contribution in [1.82, 2.24) is 5.32 Å². The zero-order valence-corrected chi connectivity index (χ0v) is 12.7. The first-order valence-electron chi connectivity index (χ1n) is 7.27. The van der Waals surface area contributed by atoms with Crippen molar-refractivity contribution in [3.05, 3.63) is 23.8 Å². The van der Waals surface area contributed by atoms with Crippen molar-refractivity contribution >= 4 is 17.5 Å². The Labute approximate surface area is 125 Å². The maximum Gasteiger partial charge on any atom is 0.313 e. The van der Waals surface area contributed by atoms with Gasteiger partial charge in [-0.1, -0.05) is 19.4 Å². The average molecular weight is 290 g/mol. The van der Waals surface area contributed by atoms with Gasteiger partial charge in [-0.05, 0) is 43.4 Å². The van der Waals surface area contributed by atoms with Crippen molar-refractivity contribution in [2.24, 2.45) is 5.92 Å². The van der Waals surface area contributed by atoms with E-state index < -0.39 is 11.8 Å². The van der Waals surface area contributed by atoms with Crippen LogP contribution in [0.1, 0.15) is 31.7 Å². The van der Waals surface area contributed by atoms with Crippen LogP contribution in [-0.4, -0.2) is 25.0 Å². The molecule has 2 unspecified atom stereocenters. The highest BCUT2D eigenvalue weighted by Crippen LogP contribution is 2.26. The molecule has 0 aliphatic heterocycles. The minimum atomic E-state index is -0.656. The number of hydrogen-bond acceptors (Lipinski definition) is 3. The summed E-state index contributed by atoms with van der Waals surface area (Å²) in [6.45, 7) is 4.03. The molecule has 1 saturated carbocycles. The lowest BCUT2D eigenvalue weighted by atomic mass is 10.1. The third-order valence-electron chi connectivity index (χ3n) is 3.99. The molecular formula is C16H22N2O3. The van der Waals surface area contributed by atoms with E-state index in [9.17, 15) is 9.59 Å². The lowest BCUT2D eigenvalue weighted by Gasteiger charge is -2.17. The predicted octanol–water partition coefficient (Wildman–Crippen LogP) is 2.25. The molecule has 0 radical (unpaired) electrons. The molecule has 1 aliphatic carbocycles. The van der Waals surface area contributed by atoms with Gasteiger partial charge >= 0.3 is 11.8 Å². The van der Waals surface area contributed by atoms with E-state index in [2.05, 4.69) is 17.6 Å². The standard InChI is InChI=1S/C16H22N2O3/c1-10-7-8-13(14(9-10)21-3)18-16(20)15(19)17-12-6-4-5-11(12)2/h7-9,11-12H,4-6H2,1-3H3,(H,17,19)(H,18,20). The van der Waals surface area contributed by atoms with Crippen molar-refractivity contribution in [3.8, 4) is 5.75 Å². The lowest BCUT2D eigenvalue weighted by Crippen LogP contribution is -2.42. The van der Waals surface area contributed by atoms with E-state index in [0.717, 1.165) is 24.8 Å². The Balaban J connectivity index is 1.99. The van der Waals surface area contributed by atoms with Crippen LogP contribution >= 0.6 is 0 Å². The van der Waals surface area contributed by atoms with E-state index in [-0.39, 0.29) is 6.04 Å². The summed E-state index contributed by atoms with van der Waals surface area (Å²) < 4.78 is 5.21. The monoisotopic (exact) mass is 290 g/mol. The van der Waals surface area contributed by atoms with Gasteiger partial charge in [0.05, 0.1) is 12.8 Å². The molecule has 1 aromatic rings. The van der Waals surface area contributed by atoms with Crippen LogP contribution in [0, 0.1) is 12.8 Å². The van der Waals surface area contributed by atoms with Crippen LogP contribution < -0.4 is 15.4 Å². The van der Waals surface area contributed by atoms with Crippen LogP contribution in [0.2, 0.25) is 0 Å². The molecule has 114 valence electrons. The maximum absolute atomic E-state index is 12.0. The SMILES string of the molecule is COc1cc(C)ccc1NC(=O)C(=O)NC1CCCC1C. The Morgan fingerprint density at radius 1 is 1.24 bits per heavy atom. The number of anilines is 1. The van der Waals surface area contributed by atoms with Crippen molar-refractivity contribution in [2.75, 3.05) is 12.4 Å². The fraction of sp³-hybridized carbons (Fsp3) is 0.500. The first-order chi connectivity index (χ1) is 10.0. The number of carbonyl (C=O) groups excluding carboxylic acids is 2. The molecule has 2 amide bonds. The average Bonchev–Trinajstić information content (AvgIpc) is 2.86. The van der Waals surface area contributed by atoms with Gasteiger partial charge in [-0.15, -0.1) is 0 Å². The van der Waals surface area contributed by atoms with Crippen molar-refractivity contribution in [2.45, 2.75) is 39.2 Å². The predicted molar refractivity (Wildman–Crippen MR) is 81.3 cm³/mol. The molecule has 0 heterocycles. The molecule has 0 aromatic heterocycles. The van der Waals surface area contributed by atoms with Gasteiger partial charge in [0.15, 0.2) is 0 Å². The molecule has 2 N–H and O–H groups in total. The molecule has 2 atom stereocenters. The second kappa shape index (κ2) is 6.61. The highest BCUT2D eigenvalue weighted by atomic mass is 16.5. The summed E-state index contributed by atoms with van der Waals surface area (Å²) in [5, 5.41) is 5.41. The molecule has 21 heavy (non-hydrogen) atoms. The number of carbonyl (C=O) groups is 2. The van der Waals surface area contributed by atoms with Crippen LogP contribution in [-0.2, 0) is 9.59 Å². The number of aryl methyl sites for hydroxylation is 1. The van der Waals surface area contributed by atoms with Gasteiger partial charge in [0.1, 0.15) is 5.75 Å². The molecule has 1 aromatic carbocycles. The summed E-state index contributed by atoms with van der Waals surface area (Å²) >= 11 is 0. The van der Waals surface area contributed by atoms with E-state index >= 15 is 0 Å². The Morgan fingerprint density at radius 2 is 2.00 bits per heavy atom. The lowest BCUT2D eigenvalue weighted by molar-refractivity contribution is -0.136. The summed E-state index contributed by atoms with van der Waals surface area (Å²) in [5.41, 5.74) is 1.52. The van der Waals surface area contributed by atoms with E-state index in [1.807, 2.05) is 19.1 Å². The van der Waals surface area contributed by atoms with E-state index in [0.29, 0.717) is 17.4 Å². The van der Waals surface area contributed by atoms with Crippen molar-refractivity contribution in [1.29, 1.82) is 0 Å². The topological polar surface area (TPSA) is 67.4 Å². The first-order valence-corrected chi connectivity index (χ1v) is 7.27. The number of benzene rings is 1. The molecule has 0 spiro atoms. The normalized spacial score (nSPS) is 20.9. The smallest absolute Gasteiger partial charge is 0.313 e. The summed E-state index contributed by atoms with van der Waals surface area (Å²) in [7, 11) is 1.53. The minimum Gasteiger partial charge on any atom is -0.495 e. The molecule has 5 heteroatoms. The van der Waals surface area contributed by atoms with Gasteiger partial charge in [0, 0.05) is 6.04 Å². The van der Waals surface area contributed by atoms with Gasteiger partial charge in [-0.2, -0.15) is 0 Å². The van der Waals surface area contributed by atoms with Gasteiger partial charge in [0.2, 0.25) is 0 Å². The largest absolute Gasteiger partial charge is 0.495 e. The Hall–Kier alpha value is -2.04. The molecule has 5 nitrogen and oxygen atoms in total. The molecule has 1 fully saturated rings. The van der Waals surface area contributed by atoms with Gasteiger partial charge in [0.25, 0.3) is 0 Å². The second-order valence-electron chi connectivity index (χ2n) is 5.65. The Bertz CT molecular complexity index is 542. The van der Waals surface area contributed by atoms with Crippen LogP contribution in [0.3, 0.4) is 0 Å². The number of hydrogen-bond donors (Lipinski definition) is 2. The fourth-order valence-corrected chi connectivity index (χ4v) is 2.67. The maximum atomic E-state index is 12.0. The van der Waals surface area contributed by atoms with Crippen LogP contribution in [0.4, 0.5) is 5.69 Å². The van der Waals surface area contributed by atoms with Crippen LogP contribution in [0.15, 0.2) is 18.2 Å². The summed E-state index contributed by atoms with van der Waals surface area (Å²) in [6, 6.07) is 5.50. The molecule has 0 saturated heterocycles. The molecule has 0 bridgehead atoms. The van der Waals surface area contributed by atoms with E-state index in [1.165, 1.54) is 7.11 Å². The number of nitrogens with one attached hydrogen (secondary N) is 2. The third-order valence-corrected chi connectivity index (χ3v) is 3.99. The first kappa shape index (κ1) is 15.4. The fourth-order valence-electron chi connectivity index (χ4n) is 2.67. The molecule has 1 aliphatic rings. The van der Waals surface area contributed by atoms with Crippen LogP contribution in [0.25, 0.3) is 0 Å². The summed E-state index contributed by atoms with van der Waals surface area (Å²) in [4.78, 5) is 23.9. The zero-order valence-electron chi connectivity index (χ0n) is 12.7. The summed E-state index contributed by atoms with van der Waals surface area (Å²) in [5.74, 6) is -0.270. The number of amides is 2. The third kappa shape index (κ3) is 3.74. The van der Waals surface area contributed by atoms with Crippen molar-refractivity contribution < 1.29 is 14.3 Å². The number of ether oxygens (including phenoxy) is 1. The van der Waals surface area contributed by atoms with Gasteiger partial charge in [-0.3, -0.25) is 9.59 Å². The Kier molecular flexibility index (Phi) is 4.83. The summed E-state index contributed by atoms with van der Waals surface area (Å²) in [6.07, 6.45) is 3.13. The van der Waals surface area contributed by atoms with Crippen molar-refractivity contribution in [3.63, 3.8) is 0 Å². The highest BCUT2D eigenvalue weighted by Gasteiger charge is 2.27. The van der Waals surface area contributed by atoms with E-state index in [1.54, 1.807) is 6.07 Å². The second-order valence-corrected chi connectivity index (χ2v) is 5.65. The van der Waals surface area contributed by atoms with Gasteiger partial charge in [-0.25, -0.2) is 0 Å². The number of methoxy groups -OCH3 is 1. The number of rotatable bonds is 3. The van der Waals surface area contributed by atoms with Crippen LogP contribution in [0.5, 0.6) is 5.75 Å². The van der Waals surface area contributed by atoms with Gasteiger partial charge < -0.3 is 15.4 Å². The Morgan fingerprint density at radius 3 is 2.62 bits per heavy atom.